The number of Topliss-reactive ketones (excluding diaryl/α,β-unsaturated/α-hetero) is 1. The van der Waals surface area contributed by atoms with E-state index in [4.69, 9.17) is 9.47 Å². The first-order valence-electron chi connectivity index (χ1n) is 14.9. The number of thioether (sulfide) groups is 1. The SMILES string of the molecule is CCCCCOc1ccc(C2/C(=C(\O)c3ccc4c(c3)CC(C)O4)C(=O)C(=O)N2c2nnc(SCc3ccc(F)cc3)s2)cc1. The lowest BCUT2D eigenvalue weighted by atomic mass is 9.94. The molecular weight excluding hydrogens is 614 g/mol. The average molecular weight is 646 g/mol. The Hall–Kier alpha value is -4.22. The number of aliphatic hydroxyl groups excluding tert-OH is 1. The highest BCUT2D eigenvalue weighted by molar-refractivity contribution is 8.00. The number of carbonyl (C=O) groups excluding carboxylic acids is 2. The number of ether oxygens (including phenoxy) is 2. The second-order valence-corrected chi connectivity index (χ2v) is 13.2. The summed E-state index contributed by atoms with van der Waals surface area (Å²) in [5.41, 5.74) is 2.85. The molecule has 1 saturated heterocycles. The number of unbranched alkanes of at least 4 members (excludes halogenated alkanes) is 2. The van der Waals surface area contributed by atoms with Crippen LogP contribution in [0.3, 0.4) is 0 Å². The molecule has 3 heterocycles. The average Bonchev–Trinajstić information content (AvgIpc) is 3.73. The first-order valence-corrected chi connectivity index (χ1v) is 16.7. The molecule has 2 atom stereocenters. The second-order valence-electron chi connectivity index (χ2n) is 11.0. The van der Waals surface area contributed by atoms with Crippen molar-refractivity contribution in [2.24, 2.45) is 0 Å². The molecule has 1 N–H and O–H groups in total. The van der Waals surface area contributed by atoms with Gasteiger partial charge in [-0.2, -0.15) is 0 Å². The Labute approximate surface area is 268 Å². The number of carbonyl (C=O) groups is 2. The first-order chi connectivity index (χ1) is 21.8. The Balaban J connectivity index is 1.34. The molecule has 8 nitrogen and oxygen atoms in total. The summed E-state index contributed by atoms with van der Waals surface area (Å²) >= 11 is 2.57. The molecule has 0 spiro atoms. The van der Waals surface area contributed by atoms with Crippen LogP contribution >= 0.6 is 23.1 Å². The molecule has 45 heavy (non-hydrogen) atoms. The summed E-state index contributed by atoms with van der Waals surface area (Å²) in [7, 11) is 0. The Morgan fingerprint density at radius 1 is 1.09 bits per heavy atom. The van der Waals surface area contributed by atoms with Crippen molar-refractivity contribution in [1.29, 1.82) is 0 Å². The van der Waals surface area contributed by atoms with Crippen LogP contribution in [0.25, 0.3) is 5.76 Å². The molecule has 232 valence electrons. The minimum atomic E-state index is -0.939. The summed E-state index contributed by atoms with van der Waals surface area (Å²) in [5.74, 6) is -0.240. The predicted molar refractivity (Wildman–Crippen MR) is 172 cm³/mol. The van der Waals surface area contributed by atoms with Crippen molar-refractivity contribution in [3.8, 4) is 11.5 Å². The third-order valence-electron chi connectivity index (χ3n) is 7.70. The Kier molecular flexibility index (Phi) is 9.18. The van der Waals surface area contributed by atoms with E-state index in [1.807, 2.05) is 6.92 Å². The maximum Gasteiger partial charge on any atom is 0.301 e. The summed E-state index contributed by atoms with van der Waals surface area (Å²) in [5, 5.41) is 20.4. The van der Waals surface area contributed by atoms with Crippen LogP contribution in [-0.2, 0) is 21.8 Å². The number of rotatable bonds is 11. The molecule has 0 aliphatic carbocycles. The number of amides is 1. The zero-order valence-electron chi connectivity index (χ0n) is 24.9. The number of fused-ring (bicyclic) bond motifs is 1. The summed E-state index contributed by atoms with van der Waals surface area (Å²) < 4.78 is 25.6. The number of hydrogen-bond donors (Lipinski definition) is 1. The van der Waals surface area contributed by atoms with Crippen molar-refractivity contribution in [2.75, 3.05) is 11.5 Å². The molecule has 0 saturated carbocycles. The zero-order valence-corrected chi connectivity index (χ0v) is 26.5. The number of benzene rings is 3. The van der Waals surface area contributed by atoms with Crippen LogP contribution in [0.5, 0.6) is 11.5 Å². The van der Waals surface area contributed by atoms with Crippen molar-refractivity contribution >= 4 is 45.7 Å². The van der Waals surface area contributed by atoms with Gasteiger partial charge in [-0.25, -0.2) is 4.39 Å². The van der Waals surface area contributed by atoms with Crippen LogP contribution in [-0.4, -0.2) is 39.7 Å². The molecule has 2 unspecified atom stereocenters. The fourth-order valence-corrected chi connectivity index (χ4v) is 7.27. The number of aromatic nitrogens is 2. The highest BCUT2D eigenvalue weighted by Gasteiger charge is 2.48. The van der Waals surface area contributed by atoms with Gasteiger partial charge in [-0.3, -0.25) is 14.5 Å². The lowest BCUT2D eigenvalue weighted by Gasteiger charge is -2.22. The van der Waals surface area contributed by atoms with Crippen molar-refractivity contribution < 1.29 is 28.6 Å². The summed E-state index contributed by atoms with van der Waals surface area (Å²) in [6.45, 7) is 4.69. The van der Waals surface area contributed by atoms with Gasteiger partial charge >= 0.3 is 5.91 Å². The number of aliphatic hydroxyl groups is 1. The Bertz CT molecular complexity index is 1740. The van der Waals surface area contributed by atoms with E-state index in [1.165, 1.54) is 40.1 Å². The molecule has 0 radical (unpaired) electrons. The third kappa shape index (κ3) is 6.60. The first kappa shape index (κ1) is 30.8. The van der Waals surface area contributed by atoms with Crippen molar-refractivity contribution in [2.45, 2.75) is 61.8 Å². The van der Waals surface area contributed by atoms with Gasteiger partial charge in [0.05, 0.1) is 18.2 Å². The number of ketones is 1. The van der Waals surface area contributed by atoms with Crippen LogP contribution in [0.2, 0.25) is 0 Å². The van der Waals surface area contributed by atoms with Gasteiger partial charge in [0.1, 0.15) is 29.2 Å². The molecule has 4 aromatic rings. The fourth-order valence-electron chi connectivity index (χ4n) is 5.44. The van der Waals surface area contributed by atoms with Gasteiger partial charge < -0.3 is 14.6 Å². The maximum absolute atomic E-state index is 13.7. The smallest absolute Gasteiger partial charge is 0.301 e. The Morgan fingerprint density at radius 2 is 1.87 bits per heavy atom. The van der Waals surface area contributed by atoms with E-state index >= 15 is 0 Å². The molecule has 0 bridgehead atoms. The molecule has 1 amide bonds. The van der Waals surface area contributed by atoms with Gasteiger partial charge in [0.2, 0.25) is 5.13 Å². The normalized spacial score (nSPS) is 18.7. The minimum absolute atomic E-state index is 0.0122. The Morgan fingerprint density at radius 3 is 2.62 bits per heavy atom. The maximum atomic E-state index is 13.7. The molecule has 6 rings (SSSR count). The van der Waals surface area contributed by atoms with E-state index in [2.05, 4.69) is 17.1 Å². The van der Waals surface area contributed by atoms with Crippen molar-refractivity contribution in [1.82, 2.24) is 10.2 Å². The third-order valence-corrected chi connectivity index (χ3v) is 9.83. The number of anilines is 1. The lowest BCUT2D eigenvalue weighted by molar-refractivity contribution is -0.132. The van der Waals surface area contributed by atoms with Gasteiger partial charge in [0.25, 0.3) is 5.78 Å². The number of hydrogen-bond acceptors (Lipinski definition) is 9. The molecule has 2 aliphatic rings. The largest absolute Gasteiger partial charge is 0.507 e. The van der Waals surface area contributed by atoms with E-state index in [1.54, 1.807) is 54.6 Å². The van der Waals surface area contributed by atoms with Gasteiger partial charge in [-0.15, -0.1) is 10.2 Å². The standard InChI is InChI=1S/C34H32FN3O5S2/c1-3-4-5-16-42-26-13-8-22(9-14-26)29-28(30(39)23-10-15-27-24(18-23)17-20(2)43-27)31(40)32(41)38(29)33-36-37-34(45-33)44-19-21-6-11-25(35)12-7-21/h6-15,18,20,29,39H,3-5,16-17,19H2,1-2H3/b30-28+. The minimum Gasteiger partial charge on any atom is -0.507 e. The highest BCUT2D eigenvalue weighted by atomic mass is 32.2. The molecule has 3 aromatic carbocycles. The lowest BCUT2D eigenvalue weighted by Crippen LogP contribution is -2.29. The summed E-state index contributed by atoms with van der Waals surface area (Å²) in [6.07, 6.45) is 3.80. The topological polar surface area (TPSA) is 102 Å². The van der Waals surface area contributed by atoms with Crippen LogP contribution in [0.4, 0.5) is 9.52 Å². The van der Waals surface area contributed by atoms with E-state index < -0.39 is 17.7 Å². The van der Waals surface area contributed by atoms with Crippen LogP contribution < -0.4 is 14.4 Å². The van der Waals surface area contributed by atoms with E-state index in [9.17, 15) is 19.1 Å². The van der Waals surface area contributed by atoms with Gasteiger partial charge in [-0.1, -0.05) is 67.1 Å². The summed E-state index contributed by atoms with van der Waals surface area (Å²) in [4.78, 5) is 28.6. The molecule has 11 heteroatoms. The zero-order chi connectivity index (χ0) is 31.5. The van der Waals surface area contributed by atoms with Crippen LogP contribution in [0.1, 0.15) is 61.4 Å². The number of nitrogens with zero attached hydrogens (tertiary/aromatic N) is 3. The quantitative estimate of drug-likeness (QED) is 0.0447. The predicted octanol–water partition coefficient (Wildman–Crippen LogP) is 7.49. The molecule has 1 aromatic heterocycles. The number of halogens is 1. The molecule has 1 fully saturated rings. The monoisotopic (exact) mass is 645 g/mol. The van der Waals surface area contributed by atoms with E-state index in [0.29, 0.717) is 40.0 Å². The van der Waals surface area contributed by atoms with Crippen LogP contribution in [0.15, 0.2) is 76.6 Å². The van der Waals surface area contributed by atoms with Gasteiger partial charge in [0, 0.05) is 17.7 Å². The molecular formula is C34H32FN3O5S2. The van der Waals surface area contributed by atoms with Gasteiger partial charge in [-0.05, 0) is 72.5 Å². The van der Waals surface area contributed by atoms with E-state index in [0.717, 1.165) is 36.1 Å². The fraction of sp³-hybridized carbons (Fsp3) is 0.294. The summed E-state index contributed by atoms with van der Waals surface area (Å²) in [6, 6.07) is 17.7. The molecule has 2 aliphatic heterocycles. The van der Waals surface area contributed by atoms with Crippen molar-refractivity contribution in [3.63, 3.8) is 0 Å². The van der Waals surface area contributed by atoms with Crippen LogP contribution in [0, 0.1) is 5.82 Å². The van der Waals surface area contributed by atoms with Crippen molar-refractivity contribution in [3.05, 3.63) is 100 Å². The van der Waals surface area contributed by atoms with E-state index in [-0.39, 0.29) is 28.4 Å². The van der Waals surface area contributed by atoms with Gasteiger partial charge in [0.15, 0.2) is 4.34 Å². The second kappa shape index (κ2) is 13.4. The highest BCUT2D eigenvalue weighted by Crippen LogP contribution is 2.45.